The lowest BCUT2D eigenvalue weighted by molar-refractivity contribution is -0.135. The number of nitrogens with two attached hydrogens (primary N) is 4. The maximum Gasteiger partial charge on any atom is 0.300 e. The van der Waals surface area contributed by atoms with Crippen molar-refractivity contribution in [1.82, 2.24) is 0 Å². The molecule has 0 aromatic carbocycles. The van der Waals surface area contributed by atoms with Crippen molar-refractivity contribution in [2.45, 2.75) is 33.5 Å². The number of rotatable bonds is 4. The first-order valence-corrected chi connectivity index (χ1v) is 6.45. The van der Waals surface area contributed by atoms with Crippen LogP contribution in [0, 0.1) is 0 Å². The molecule has 0 saturated carbocycles. The number of carboxylic acids is 4. The second-order valence-corrected chi connectivity index (χ2v) is 3.87. The van der Waals surface area contributed by atoms with Gasteiger partial charge in [-0.05, 0) is 0 Å². The maximum atomic E-state index is 9.00. The summed E-state index contributed by atoms with van der Waals surface area (Å²) in [6.07, 6.45) is 0. The summed E-state index contributed by atoms with van der Waals surface area (Å²) in [5, 5.41) is 29.7. The van der Waals surface area contributed by atoms with E-state index in [2.05, 4.69) is 0 Å². The Kier molecular flexibility index (Phi) is 32.7. The quantitative estimate of drug-likeness (QED) is 0.244. The molecule has 0 aliphatic rings. The minimum Gasteiger partial charge on any atom is -0.481 e. The smallest absolute Gasteiger partial charge is 0.300 e. The van der Waals surface area contributed by atoms with E-state index in [4.69, 9.17) is 67.3 Å². The summed E-state index contributed by atoms with van der Waals surface area (Å²) in [6, 6.07) is 0. The molecule has 0 rings (SSSR count). The molecular formula is C12H30N4O9. The van der Waals surface area contributed by atoms with Crippen LogP contribution in [0.2, 0.25) is 0 Å². The largest absolute Gasteiger partial charge is 0.481 e. The standard InChI is InChI=1S/C4H14N4O.4C2H4O2/c5-1-2-9-4(7,8)3-6;4*1-2(3)4/h1-3,5-8H2;4*1H3,(H,3,4). The van der Waals surface area contributed by atoms with E-state index >= 15 is 0 Å². The van der Waals surface area contributed by atoms with E-state index in [0.29, 0.717) is 13.2 Å². The first kappa shape index (κ1) is 34.1. The van der Waals surface area contributed by atoms with E-state index in [0.717, 1.165) is 27.7 Å². The van der Waals surface area contributed by atoms with Gasteiger partial charge < -0.3 is 36.6 Å². The molecule has 152 valence electrons. The minimum absolute atomic E-state index is 0.0903. The van der Waals surface area contributed by atoms with Crippen LogP contribution in [0.25, 0.3) is 0 Å². The molecule has 13 nitrogen and oxygen atoms in total. The molecule has 13 heteroatoms. The van der Waals surface area contributed by atoms with Gasteiger partial charge in [-0.1, -0.05) is 0 Å². The Morgan fingerprint density at radius 1 is 0.760 bits per heavy atom. The van der Waals surface area contributed by atoms with Crippen molar-refractivity contribution in [3.63, 3.8) is 0 Å². The van der Waals surface area contributed by atoms with E-state index in [-0.39, 0.29) is 6.54 Å². The molecule has 0 aromatic rings. The average molecular weight is 374 g/mol. The summed E-state index contributed by atoms with van der Waals surface area (Å²) in [5.41, 5.74) is 20.8. The van der Waals surface area contributed by atoms with Crippen LogP contribution < -0.4 is 22.9 Å². The molecule has 0 bridgehead atoms. The van der Waals surface area contributed by atoms with E-state index in [1.807, 2.05) is 0 Å². The van der Waals surface area contributed by atoms with Gasteiger partial charge in [0.1, 0.15) is 0 Å². The molecule has 0 atom stereocenters. The third-order valence-electron chi connectivity index (χ3n) is 0.808. The van der Waals surface area contributed by atoms with Gasteiger partial charge >= 0.3 is 0 Å². The molecular weight excluding hydrogens is 344 g/mol. The number of hydrogen-bond acceptors (Lipinski definition) is 9. The van der Waals surface area contributed by atoms with Gasteiger partial charge in [0.05, 0.1) is 6.61 Å². The Hall–Kier alpha value is -2.32. The topological polar surface area (TPSA) is 263 Å². The van der Waals surface area contributed by atoms with Crippen LogP contribution in [-0.2, 0) is 23.9 Å². The van der Waals surface area contributed by atoms with Crippen LogP contribution in [-0.4, -0.2) is 69.8 Å². The Morgan fingerprint density at radius 2 is 0.960 bits per heavy atom. The Bertz CT molecular complexity index is 298. The van der Waals surface area contributed by atoms with Gasteiger partial charge in [0.15, 0.2) is 5.85 Å². The van der Waals surface area contributed by atoms with Crippen LogP contribution in [0.4, 0.5) is 0 Å². The molecule has 0 fully saturated rings. The fourth-order valence-electron chi connectivity index (χ4n) is 0.308. The van der Waals surface area contributed by atoms with E-state index in [9.17, 15) is 0 Å². The van der Waals surface area contributed by atoms with Crippen molar-refractivity contribution in [3.8, 4) is 0 Å². The fourth-order valence-corrected chi connectivity index (χ4v) is 0.308. The second-order valence-electron chi connectivity index (χ2n) is 3.87. The molecule has 0 saturated heterocycles. The molecule has 0 heterocycles. The van der Waals surface area contributed by atoms with Crippen molar-refractivity contribution in [2.75, 3.05) is 19.7 Å². The highest BCUT2D eigenvalue weighted by Crippen LogP contribution is 1.87. The van der Waals surface area contributed by atoms with Gasteiger partial charge in [-0.2, -0.15) is 0 Å². The van der Waals surface area contributed by atoms with Gasteiger partial charge in [0.25, 0.3) is 23.9 Å². The first-order valence-electron chi connectivity index (χ1n) is 6.45. The van der Waals surface area contributed by atoms with Crippen molar-refractivity contribution in [2.24, 2.45) is 22.9 Å². The number of carbonyl (C=O) groups is 4. The Balaban J connectivity index is -0.0000000714. The number of ether oxygens (including phenoxy) is 1. The van der Waals surface area contributed by atoms with Gasteiger partial charge in [-0.15, -0.1) is 0 Å². The highest BCUT2D eigenvalue weighted by molar-refractivity contribution is 5.63. The normalized spacial score (nSPS) is 8.32. The van der Waals surface area contributed by atoms with Gasteiger partial charge in [0.2, 0.25) is 0 Å². The van der Waals surface area contributed by atoms with Crippen LogP contribution in [0.1, 0.15) is 27.7 Å². The lowest BCUT2D eigenvalue weighted by atomic mass is 10.4. The first-order chi connectivity index (χ1) is 11.0. The Labute approximate surface area is 145 Å². The maximum absolute atomic E-state index is 9.00. The van der Waals surface area contributed by atoms with E-state index in [1.165, 1.54) is 0 Å². The highest BCUT2D eigenvalue weighted by Gasteiger charge is 2.15. The lowest BCUT2D eigenvalue weighted by Crippen LogP contribution is -2.58. The predicted molar refractivity (Wildman–Crippen MR) is 88.4 cm³/mol. The molecule has 0 aromatic heterocycles. The minimum atomic E-state index is -1.21. The highest BCUT2D eigenvalue weighted by atomic mass is 16.5. The van der Waals surface area contributed by atoms with Crippen LogP contribution in [0.5, 0.6) is 0 Å². The predicted octanol–water partition coefficient (Wildman–Crippen LogP) is -2.14. The second kappa shape index (κ2) is 23.9. The van der Waals surface area contributed by atoms with Crippen LogP contribution in [0.3, 0.4) is 0 Å². The molecule has 0 aliphatic carbocycles. The third kappa shape index (κ3) is 260. The van der Waals surface area contributed by atoms with Crippen molar-refractivity contribution in [1.29, 1.82) is 0 Å². The van der Waals surface area contributed by atoms with Crippen LogP contribution in [0.15, 0.2) is 0 Å². The molecule has 0 unspecified atom stereocenters. The summed E-state index contributed by atoms with van der Waals surface area (Å²) in [5.74, 6) is -4.54. The molecule has 0 spiro atoms. The van der Waals surface area contributed by atoms with Gasteiger partial charge in [0, 0.05) is 40.8 Å². The number of carboxylic acid groups (broad SMARTS) is 4. The molecule has 0 radical (unpaired) electrons. The fraction of sp³-hybridized carbons (Fsp3) is 0.667. The summed E-state index contributed by atoms with van der Waals surface area (Å²) in [4.78, 5) is 36.0. The third-order valence-corrected chi connectivity index (χ3v) is 0.808. The zero-order chi connectivity index (χ0) is 21.6. The van der Waals surface area contributed by atoms with E-state index < -0.39 is 29.7 Å². The average Bonchev–Trinajstić information content (AvgIpc) is 2.34. The van der Waals surface area contributed by atoms with Crippen molar-refractivity contribution >= 4 is 23.9 Å². The zero-order valence-corrected chi connectivity index (χ0v) is 14.8. The molecule has 12 N–H and O–H groups in total. The van der Waals surface area contributed by atoms with Gasteiger partial charge in [-0.25, -0.2) is 0 Å². The molecule has 0 amide bonds. The summed E-state index contributed by atoms with van der Waals surface area (Å²) < 4.78 is 4.83. The van der Waals surface area contributed by atoms with Gasteiger partial charge in [-0.3, -0.25) is 30.6 Å². The van der Waals surface area contributed by atoms with E-state index in [1.54, 1.807) is 0 Å². The van der Waals surface area contributed by atoms with Crippen molar-refractivity contribution in [3.05, 3.63) is 0 Å². The lowest BCUT2D eigenvalue weighted by Gasteiger charge is -2.21. The number of hydrogen-bond donors (Lipinski definition) is 8. The molecule has 0 aliphatic heterocycles. The van der Waals surface area contributed by atoms with Crippen LogP contribution >= 0.6 is 0 Å². The monoisotopic (exact) mass is 374 g/mol. The van der Waals surface area contributed by atoms with Crippen molar-refractivity contribution < 1.29 is 44.3 Å². The summed E-state index contributed by atoms with van der Waals surface area (Å²) in [6.45, 7) is 5.16. The zero-order valence-electron chi connectivity index (χ0n) is 14.8. The summed E-state index contributed by atoms with van der Waals surface area (Å²) in [7, 11) is 0. The Morgan fingerprint density at radius 3 is 1.08 bits per heavy atom. The molecule has 25 heavy (non-hydrogen) atoms. The number of aliphatic carboxylic acids is 4. The SMILES string of the molecule is CC(=O)O.CC(=O)O.CC(=O)O.CC(=O)O.NCCOC(N)(N)CN. The summed E-state index contributed by atoms with van der Waals surface area (Å²) >= 11 is 0.